The Morgan fingerprint density at radius 2 is 1.79 bits per heavy atom. The molecule has 0 N–H and O–H groups in total. The van der Waals surface area contributed by atoms with E-state index in [1.807, 2.05) is 36.4 Å². The molecule has 0 amide bonds. The largest absolute Gasteiger partial charge is 0.390 e. The second-order valence-electron chi connectivity index (χ2n) is 3.93. The quantitative estimate of drug-likeness (QED) is 0.582. The summed E-state index contributed by atoms with van der Waals surface area (Å²) in [6, 6.07) is 15.2. The smallest absolute Gasteiger partial charge is 0.142 e. The Bertz CT molecular complexity index is 558. The van der Waals surface area contributed by atoms with E-state index in [0.717, 1.165) is 16.7 Å². The van der Waals surface area contributed by atoms with Gasteiger partial charge in [0.2, 0.25) is 0 Å². The van der Waals surface area contributed by atoms with Gasteiger partial charge in [0, 0.05) is 10.6 Å². The molecule has 0 spiro atoms. The van der Waals surface area contributed by atoms with Crippen LogP contribution in [0.4, 0.5) is 0 Å². The molecule has 0 atom stereocenters. The Hall–Kier alpha value is -2.06. The van der Waals surface area contributed by atoms with Crippen LogP contribution in [0, 0.1) is 0 Å². The minimum absolute atomic E-state index is 0.415. The van der Waals surface area contributed by atoms with E-state index in [2.05, 4.69) is 17.9 Å². The van der Waals surface area contributed by atoms with Crippen LogP contribution in [0.1, 0.15) is 16.7 Å². The lowest BCUT2D eigenvalue weighted by molar-refractivity contribution is 0.132. The molecule has 2 aromatic rings. The van der Waals surface area contributed by atoms with Gasteiger partial charge in [-0.25, -0.2) is 0 Å². The van der Waals surface area contributed by atoms with Crippen LogP contribution in [-0.4, -0.2) is 6.21 Å². The molecule has 2 rings (SSSR count). The number of rotatable bonds is 5. The van der Waals surface area contributed by atoms with Crippen LogP contribution in [-0.2, 0) is 11.4 Å². The standard InChI is InChI=1S/C16H13ClNO/c1-2-13-3-5-15(6-4-13)12-19-18-11-14-7-9-16(17)10-8-14/h2-10H,1,12H2. The molecule has 0 unspecified atom stereocenters. The molecule has 2 nitrogen and oxygen atoms in total. The molecular formula is C16H13ClNO. The number of halogens is 1. The molecule has 0 aliphatic heterocycles. The van der Waals surface area contributed by atoms with Crippen molar-refractivity contribution in [2.45, 2.75) is 6.61 Å². The summed E-state index contributed by atoms with van der Waals surface area (Å²) in [6.45, 7) is 4.12. The van der Waals surface area contributed by atoms with Crippen molar-refractivity contribution in [2.75, 3.05) is 0 Å². The molecule has 0 aromatic heterocycles. The van der Waals surface area contributed by atoms with E-state index in [1.165, 1.54) is 0 Å². The lowest BCUT2D eigenvalue weighted by atomic mass is 10.1. The molecule has 1 radical (unpaired) electrons. The Balaban J connectivity index is 1.85. The van der Waals surface area contributed by atoms with Gasteiger partial charge in [-0.3, -0.25) is 0 Å². The van der Waals surface area contributed by atoms with Crippen LogP contribution in [0.25, 0.3) is 6.08 Å². The Morgan fingerprint density at radius 3 is 2.42 bits per heavy atom. The zero-order chi connectivity index (χ0) is 13.5. The van der Waals surface area contributed by atoms with E-state index >= 15 is 0 Å². The Labute approximate surface area is 118 Å². The molecule has 0 bridgehead atoms. The van der Waals surface area contributed by atoms with Crippen LogP contribution in [0.15, 0.2) is 60.3 Å². The first-order valence-electron chi connectivity index (χ1n) is 5.83. The first-order valence-corrected chi connectivity index (χ1v) is 6.21. The maximum Gasteiger partial charge on any atom is 0.142 e. The monoisotopic (exact) mass is 270 g/mol. The van der Waals surface area contributed by atoms with Crippen LogP contribution >= 0.6 is 11.6 Å². The summed E-state index contributed by atoms with van der Waals surface area (Å²) in [4.78, 5) is 5.18. The fourth-order valence-electron chi connectivity index (χ4n) is 1.47. The van der Waals surface area contributed by atoms with Crippen molar-refractivity contribution in [3.05, 3.63) is 76.8 Å². The summed E-state index contributed by atoms with van der Waals surface area (Å²) < 4.78 is 0. The third-order valence-corrected chi connectivity index (χ3v) is 2.78. The summed E-state index contributed by atoms with van der Waals surface area (Å²) in [7, 11) is 0. The molecule has 3 heteroatoms. The van der Waals surface area contributed by atoms with Gasteiger partial charge in [0.05, 0.1) is 0 Å². The van der Waals surface area contributed by atoms with E-state index < -0.39 is 0 Å². The van der Waals surface area contributed by atoms with E-state index in [4.69, 9.17) is 16.4 Å². The van der Waals surface area contributed by atoms with Gasteiger partial charge in [0.25, 0.3) is 0 Å². The molecular weight excluding hydrogens is 258 g/mol. The first kappa shape index (κ1) is 13.4. The van der Waals surface area contributed by atoms with Gasteiger partial charge >= 0.3 is 0 Å². The fraction of sp³-hybridized carbons (Fsp3) is 0.0625. The molecule has 0 fully saturated rings. The zero-order valence-electron chi connectivity index (χ0n) is 10.3. The van der Waals surface area contributed by atoms with Crippen molar-refractivity contribution in [3.8, 4) is 0 Å². The zero-order valence-corrected chi connectivity index (χ0v) is 11.1. The van der Waals surface area contributed by atoms with Gasteiger partial charge < -0.3 is 4.84 Å². The second kappa shape index (κ2) is 6.76. The van der Waals surface area contributed by atoms with Gasteiger partial charge in [-0.05, 0) is 23.3 Å². The predicted molar refractivity (Wildman–Crippen MR) is 79.3 cm³/mol. The van der Waals surface area contributed by atoms with Crippen LogP contribution in [0.2, 0.25) is 5.02 Å². The third-order valence-electron chi connectivity index (χ3n) is 2.53. The van der Waals surface area contributed by atoms with Crippen molar-refractivity contribution in [1.29, 1.82) is 0 Å². The molecule has 0 saturated heterocycles. The van der Waals surface area contributed by atoms with Gasteiger partial charge in [0.1, 0.15) is 12.8 Å². The summed E-state index contributed by atoms with van der Waals surface area (Å²) in [5.74, 6) is 0. The summed E-state index contributed by atoms with van der Waals surface area (Å²) >= 11 is 5.78. The van der Waals surface area contributed by atoms with Gasteiger partial charge in [-0.15, -0.1) is 0 Å². The molecule has 0 aliphatic carbocycles. The highest BCUT2D eigenvalue weighted by Gasteiger charge is 1.93. The second-order valence-corrected chi connectivity index (χ2v) is 4.37. The van der Waals surface area contributed by atoms with Gasteiger partial charge in [-0.2, -0.15) is 0 Å². The summed E-state index contributed by atoms with van der Waals surface area (Å²) in [5.41, 5.74) is 2.96. The molecule has 0 heterocycles. The van der Waals surface area contributed by atoms with E-state index in [-0.39, 0.29) is 0 Å². The molecule has 2 aromatic carbocycles. The van der Waals surface area contributed by atoms with E-state index in [9.17, 15) is 0 Å². The Morgan fingerprint density at radius 1 is 1.11 bits per heavy atom. The van der Waals surface area contributed by atoms with Crippen LogP contribution < -0.4 is 0 Å². The average Bonchev–Trinajstić information content (AvgIpc) is 2.46. The van der Waals surface area contributed by atoms with Crippen LogP contribution in [0.3, 0.4) is 0 Å². The number of hydrogen-bond acceptors (Lipinski definition) is 2. The number of hydrogen-bond donors (Lipinski definition) is 0. The van der Waals surface area contributed by atoms with Crippen molar-refractivity contribution in [1.82, 2.24) is 0 Å². The highest BCUT2D eigenvalue weighted by atomic mass is 35.5. The predicted octanol–water partition coefficient (Wildman–Crippen LogP) is 4.41. The van der Waals surface area contributed by atoms with Crippen molar-refractivity contribution in [3.63, 3.8) is 0 Å². The van der Waals surface area contributed by atoms with Crippen molar-refractivity contribution < 1.29 is 4.84 Å². The number of nitrogens with zero attached hydrogens (tertiary/aromatic N) is 1. The van der Waals surface area contributed by atoms with Crippen molar-refractivity contribution >= 4 is 23.9 Å². The summed E-state index contributed by atoms with van der Waals surface area (Å²) in [5, 5.41) is 4.48. The fourth-order valence-corrected chi connectivity index (χ4v) is 1.59. The molecule has 0 aliphatic rings. The maximum absolute atomic E-state index is 5.78. The number of benzene rings is 2. The first-order chi connectivity index (χ1) is 9.28. The normalized spacial score (nSPS) is 10.6. The highest BCUT2D eigenvalue weighted by molar-refractivity contribution is 6.30. The van der Waals surface area contributed by atoms with Gasteiger partial charge in [-0.1, -0.05) is 65.8 Å². The molecule has 95 valence electrons. The minimum Gasteiger partial charge on any atom is -0.390 e. The third kappa shape index (κ3) is 4.27. The van der Waals surface area contributed by atoms with E-state index in [0.29, 0.717) is 11.6 Å². The molecule has 19 heavy (non-hydrogen) atoms. The van der Waals surface area contributed by atoms with Crippen LogP contribution in [0.5, 0.6) is 0 Å². The molecule has 0 saturated carbocycles. The topological polar surface area (TPSA) is 21.6 Å². The van der Waals surface area contributed by atoms with E-state index in [1.54, 1.807) is 18.2 Å². The lowest BCUT2D eigenvalue weighted by Gasteiger charge is -2.00. The highest BCUT2D eigenvalue weighted by Crippen LogP contribution is 2.09. The minimum atomic E-state index is 0.415. The van der Waals surface area contributed by atoms with Gasteiger partial charge in [0.15, 0.2) is 0 Å². The average molecular weight is 271 g/mol. The summed E-state index contributed by atoms with van der Waals surface area (Å²) in [6.07, 6.45) is 4.60. The SMILES string of the molecule is C=Cc1ccc(CO/N=[C]\c2ccc(Cl)cc2)cc1. The Kier molecular flexibility index (Phi) is 4.76. The maximum atomic E-state index is 5.78. The van der Waals surface area contributed by atoms with Crippen molar-refractivity contribution in [2.24, 2.45) is 5.16 Å². The lowest BCUT2D eigenvalue weighted by Crippen LogP contribution is -1.88.